The first-order valence-corrected chi connectivity index (χ1v) is 7.35. The van der Waals surface area contributed by atoms with E-state index < -0.39 is 0 Å². The van der Waals surface area contributed by atoms with Crippen LogP contribution in [0.25, 0.3) is 0 Å². The van der Waals surface area contributed by atoms with Crippen LogP contribution in [0.4, 0.5) is 0 Å². The summed E-state index contributed by atoms with van der Waals surface area (Å²) in [7, 11) is 3.92. The molecule has 0 amide bonds. The molecule has 3 atom stereocenters. The number of methoxy groups -OCH3 is 1. The molecule has 2 aliphatic rings. The fraction of sp³-hybridized carbons (Fsp3) is 0.625. The van der Waals surface area contributed by atoms with Gasteiger partial charge in [-0.1, -0.05) is 24.3 Å². The number of fused-ring (bicyclic) bond motifs is 1. The summed E-state index contributed by atoms with van der Waals surface area (Å²) < 4.78 is 5.51. The molecule has 1 aliphatic heterocycles. The first-order chi connectivity index (χ1) is 9.33. The Bertz CT molecular complexity index is 435. The molecule has 3 heteroatoms. The summed E-state index contributed by atoms with van der Waals surface area (Å²) in [5.74, 6) is 0. The summed E-state index contributed by atoms with van der Waals surface area (Å²) in [4.78, 5) is 2.62. The van der Waals surface area contributed by atoms with Gasteiger partial charge in [0.2, 0.25) is 0 Å². The molecule has 1 saturated heterocycles. The highest BCUT2D eigenvalue weighted by Gasteiger charge is 2.36. The van der Waals surface area contributed by atoms with Gasteiger partial charge < -0.3 is 10.1 Å². The molecule has 1 aromatic carbocycles. The van der Waals surface area contributed by atoms with Gasteiger partial charge in [-0.15, -0.1) is 0 Å². The molecule has 1 aromatic rings. The molecule has 0 spiro atoms. The molecule has 3 nitrogen and oxygen atoms in total. The molecule has 0 bridgehead atoms. The summed E-state index contributed by atoms with van der Waals surface area (Å²) in [5, 5.41) is 3.54. The van der Waals surface area contributed by atoms with Crippen LogP contribution in [0.15, 0.2) is 24.3 Å². The van der Waals surface area contributed by atoms with Crippen molar-refractivity contribution < 1.29 is 4.74 Å². The Hall–Kier alpha value is -0.900. The Morgan fingerprint density at radius 3 is 2.84 bits per heavy atom. The Labute approximate surface area is 115 Å². The van der Waals surface area contributed by atoms with Gasteiger partial charge in [0.05, 0.1) is 6.10 Å². The fourth-order valence-electron chi connectivity index (χ4n) is 3.73. The Morgan fingerprint density at radius 1 is 1.26 bits per heavy atom. The molecule has 3 rings (SSSR count). The van der Waals surface area contributed by atoms with E-state index in [-0.39, 0.29) is 0 Å². The van der Waals surface area contributed by atoms with E-state index in [2.05, 4.69) is 41.5 Å². The average molecular weight is 260 g/mol. The molecular formula is C16H24N2O. The molecule has 0 radical (unpaired) electrons. The minimum atomic E-state index is 0.426. The third-order valence-corrected chi connectivity index (χ3v) is 4.77. The zero-order valence-corrected chi connectivity index (χ0v) is 11.9. The van der Waals surface area contributed by atoms with Gasteiger partial charge in [-0.3, -0.25) is 4.90 Å². The van der Waals surface area contributed by atoms with Gasteiger partial charge in [0, 0.05) is 32.3 Å². The number of nitrogens with zero attached hydrogens (tertiary/aromatic N) is 1. The monoisotopic (exact) mass is 260 g/mol. The second-order valence-electron chi connectivity index (χ2n) is 5.71. The van der Waals surface area contributed by atoms with Crippen molar-refractivity contribution in [2.24, 2.45) is 0 Å². The SMILES string of the molecule is CNC1c2ccccc2CCC1N1CCC(OC)C1. The number of aryl methyl sites for hydroxylation is 1. The van der Waals surface area contributed by atoms with Crippen molar-refractivity contribution in [3.63, 3.8) is 0 Å². The van der Waals surface area contributed by atoms with E-state index in [1.54, 1.807) is 0 Å². The minimum Gasteiger partial charge on any atom is -0.380 e. The van der Waals surface area contributed by atoms with Crippen LogP contribution >= 0.6 is 0 Å². The number of hydrogen-bond acceptors (Lipinski definition) is 3. The van der Waals surface area contributed by atoms with Gasteiger partial charge in [-0.2, -0.15) is 0 Å². The zero-order valence-electron chi connectivity index (χ0n) is 11.9. The average Bonchev–Trinajstić information content (AvgIpc) is 2.94. The number of ether oxygens (including phenoxy) is 1. The van der Waals surface area contributed by atoms with Gasteiger partial charge in [0.25, 0.3) is 0 Å². The number of hydrogen-bond donors (Lipinski definition) is 1. The van der Waals surface area contributed by atoms with E-state index in [0.717, 1.165) is 6.54 Å². The second-order valence-corrected chi connectivity index (χ2v) is 5.71. The largest absolute Gasteiger partial charge is 0.380 e. The minimum absolute atomic E-state index is 0.426. The number of rotatable bonds is 3. The van der Waals surface area contributed by atoms with Crippen molar-refractivity contribution >= 4 is 0 Å². The third kappa shape index (κ3) is 2.42. The van der Waals surface area contributed by atoms with Crippen molar-refractivity contribution in [1.29, 1.82) is 0 Å². The van der Waals surface area contributed by atoms with Crippen molar-refractivity contribution in [2.45, 2.75) is 37.5 Å². The molecule has 1 N–H and O–H groups in total. The lowest BCUT2D eigenvalue weighted by Gasteiger charge is -2.39. The number of likely N-dealkylation sites (N-methyl/N-ethyl adjacent to an activating group) is 1. The van der Waals surface area contributed by atoms with Gasteiger partial charge in [0.15, 0.2) is 0 Å². The predicted octanol–water partition coefficient (Wildman–Crippen LogP) is 1.98. The predicted molar refractivity (Wildman–Crippen MR) is 77.3 cm³/mol. The lowest BCUT2D eigenvalue weighted by Crippen LogP contribution is -2.45. The van der Waals surface area contributed by atoms with Crippen LogP contribution in [-0.2, 0) is 11.2 Å². The van der Waals surface area contributed by atoms with Gasteiger partial charge in [-0.25, -0.2) is 0 Å². The summed E-state index contributed by atoms with van der Waals surface area (Å²) >= 11 is 0. The fourth-order valence-corrected chi connectivity index (χ4v) is 3.73. The maximum atomic E-state index is 5.51. The normalized spacial score (nSPS) is 31.4. The molecule has 1 heterocycles. The lowest BCUT2D eigenvalue weighted by atomic mass is 9.83. The second kappa shape index (κ2) is 5.61. The van der Waals surface area contributed by atoms with E-state index in [1.165, 1.54) is 36.9 Å². The topological polar surface area (TPSA) is 24.5 Å². The summed E-state index contributed by atoms with van der Waals surface area (Å²) in [6.45, 7) is 2.25. The molecule has 1 aliphatic carbocycles. The number of nitrogens with one attached hydrogen (secondary N) is 1. The van der Waals surface area contributed by atoms with Crippen LogP contribution in [0.2, 0.25) is 0 Å². The summed E-state index contributed by atoms with van der Waals surface area (Å²) in [6, 6.07) is 9.95. The molecule has 0 saturated carbocycles. The highest BCUT2D eigenvalue weighted by Crippen LogP contribution is 2.34. The van der Waals surface area contributed by atoms with Crippen LogP contribution in [-0.4, -0.2) is 44.3 Å². The molecule has 104 valence electrons. The van der Waals surface area contributed by atoms with Crippen molar-refractivity contribution in [3.05, 3.63) is 35.4 Å². The maximum Gasteiger partial charge on any atom is 0.0710 e. The van der Waals surface area contributed by atoms with Crippen LogP contribution in [0.3, 0.4) is 0 Å². The van der Waals surface area contributed by atoms with E-state index in [4.69, 9.17) is 4.74 Å². The third-order valence-electron chi connectivity index (χ3n) is 4.77. The Kier molecular flexibility index (Phi) is 3.87. The van der Waals surface area contributed by atoms with E-state index in [1.807, 2.05) is 7.11 Å². The van der Waals surface area contributed by atoms with E-state index >= 15 is 0 Å². The van der Waals surface area contributed by atoms with Gasteiger partial charge in [-0.05, 0) is 37.4 Å². The van der Waals surface area contributed by atoms with E-state index in [0.29, 0.717) is 18.2 Å². The van der Waals surface area contributed by atoms with Crippen molar-refractivity contribution in [3.8, 4) is 0 Å². The molecule has 19 heavy (non-hydrogen) atoms. The van der Waals surface area contributed by atoms with Crippen LogP contribution in [0.1, 0.15) is 30.0 Å². The number of likely N-dealkylation sites (tertiary alicyclic amines) is 1. The van der Waals surface area contributed by atoms with Gasteiger partial charge in [0.1, 0.15) is 0 Å². The lowest BCUT2D eigenvalue weighted by molar-refractivity contribution is 0.0925. The standard InChI is InChI=1S/C16H24N2O/c1-17-16-14-6-4-3-5-12(14)7-8-15(16)18-10-9-13(11-18)19-2/h3-6,13,15-17H,7-11H2,1-2H3. The smallest absolute Gasteiger partial charge is 0.0710 e. The Balaban J connectivity index is 1.80. The van der Waals surface area contributed by atoms with Crippen molar-refractivity contribution in [1.82, 2.24) is 10.2 Å². The van der Waals surface area contributed by atoms with Crippen LogP contribution < -0.4 is 5.32 Å². The summed E-state index contributed by atoms with van der Waals surface area (Å²) in [5.41, 5.74) is 3.00. The highest BCUT2D eigenvalue weighted by molar-refractivity contribution is 5.34. The number of benzene rings is 1. The molecule has 1 fully saturated rings. The Morgan fingerprint density at radius 2 is 2.11 bits per heavy atom. The van der Waals surface area contributed by atoms with Crippen molar-refractivity contribution in [2.75, 3.05) is 27.2 Å². The molecule has 0 aromatic heterocycles. The maximum absolute atomic E-state index is 5.51. The molecule has 3 unspecified atom stereocenters. The van der Waals surface area contributed by atoms with Gasteiger partial charge >= 0.3 is 0 Å². The van der Waals surface area contributed by atoms with Crippen LogP contribution in [0.5, 0.6) is 0 Å². The van der Waals surface area contributed by atoms with Crippen LogP contribution in [0, 0.1) is 0 Å². The quantitative estimate of drug-likeness (QED) is 0.899. The highest BCUT2D eigenvalue weighted by atomic mass is 16.5. The first kappa shape index (κ1) is 13.1. The first-order valence-electron chi connectivity index (χ1n) is 7.35. The molecular weight excluding hydrogens is 236 g/mol. The summed E-state index contributed by atoms with van der Waals surface area (Å²) in [6.07, 6.45) is 4.05. The van der Waals surface area contributed by atoms with E-state index in [9.17, 15) is 0 Å². The zero-order chi connectivity index (χ0) is 13.2.